The van der Waals surface area contributed by atoms with Crippen LogP contribution in [0.2, 0.25) is 0 Å². The number of rotatable bonds is 17. The quantitative estimate of drug-likeness (QED) is 0.0741. The highest BCUT2D eigenvalue weighted by molar-refractivity contribution is 5.97. The highest BCUT2D eigenvalue weighted by Crippen LogP contribution is 2.19. The Morgan fingerprint density at radius 2 is 1.60 bits per heavy atom. The smallest absolute Gasteiger partial charge is 0.328 e. The third-order valence-electron chi connectivity index (χ3n) is 6.17. The lowest BCUT2D eigenvalue weighted by Gasteiger charge is -2.29. The number of carboxylic acids is 2. The number of carboxylic acid groups (broad SMARTS) is 2. The number of likely N-dealkylation sites (tertiary alicyclic amines) is 1. The van der Waals surface area contributed by atoms with Crippen molar-refractivity contribution in [3.8, 4) is 0 Å². The topological polar surface area (TPSA) is 321 Å². The largest absolute Gasteiger partial charge is 0.481 e. The minimum Gasteiger partial charge on any atom is -0.481 e. The van der Waals surface area contributed by atoms with Gasteiger partial charge in [0.05, 0.1) is 31.7 Å². The van der Waals surface area contributed by atoms with Gasteiger partial charge in [-0.05, 0) is 26.2 Å². The van der Waals surface area contributed by atoms with Crippen molar-refractivity contribution < 1.29 is 58.8 Å². The Balaban J connectivity index is 2.90. The Morgan fingerprint density at radius 3 is 2.12 bits per heavy atom. The fourth-order valence-corrected chi connectivity index (χ4v) is 3.96. The van der Waals surface area contributed by atoms with Crippen molar-refractivity contribution in [2.45, 2.75) is 75.3 Å². The van der Waals surface area contributed by atoms with E-state index in [1.807, 2.05) is 5.32 Å². The molecule has 0 radical (unpaired) electrons. The Hall–Kier alpha value is -4.36. The maximum absolute atomic E-state index is 13.3. The zero-order valence-corrected chi connectivity index (χ0v) is 22.8. The molecule has 236 valence electrons. The van der Waals surface area contributed by atoms with Crippen LogP contribution in [0.25, 0.3) is 0 Å². The van der Waals surface area contributed by atoms with Crippen LogP contribution in [0.15, 0.2) is 0 Å². The molecule has 42 heavy (non-hydrogen) atoms. The highest BCUT2D eigenvalue weighted by Gasteiger charge is 2.39. The second kappa shape index (κ2) is 16.8. The molecule has 1 rings (SSSR count). The predicted octanol–water partition coefficient (Wildman–Crippen LogP) is -5.93. The molecule has 1 aliphatic rings. The fourth-order valence-electron chi connectivity index (χ4n) is 3.96. The molecule has 0 saturated carbocycles. The van der Waals surface area contributed by atoms with E-state index in [0.717, 1.165) is 11.8 Å². The second-order valence-electron chi connectivity index (χ2n) is 9.55. The van der Waals surface area contributed by atoms with Gasteiger partial charge in [-0.25, -0.2) is 4.79 Å². The first-order valence-corrected chi connectivity index (χ1v) is 12.8. The fraction of sp³-hybridized carbons (Fsp3) is 0.652. The standard InChI is InChI=1S/C23H37N7O12/c1-10(32)18(23(41)42)29-16(34)8-26-21(39)14-3-2-6-30(14)22(40)12(7-15(25)33)27-20(38)13(9-31)28-19(37)11(24)4-5-17(35)36/h10-14,18,31-32H,2-9,24H2,1H3,(H2,25,33)(H,26,39)(H,27,38)(H,28,37)(H,29,34)(H,35,36)(H,41,42)/t10-,11+,12+,13+,14+,18+/m1/s1. The average Bonchev–Trinajstić information content (AvgIpc) is 3.40. The number of carbonyl (C=O) groups excluding carboxylic acids is 6. The molecular formula is C23H37N7O12. The molecule has 6 atom stereocenters. The summed E-state index contributed by atoms with van der Waals surface area (Å²) in [7, 11) is 0. The molecule has 0 aromatic rings. The van der Waals surface area contributed by atoms with Crippen molar-refractivity contribution in [3.63, 3.8) is 0 Å². The van der Waals surface area contributed by atoms with Crippen LogP contribution in [-0.4, -0.2) is 129 Å². The number of amides is 6. The van der Waals surface area contributed by atoms with Crippen LogP contribution in [0.5, 0.6) is 0 Å². The molecule has 0 bridgehead atoms. The van der Waals surface area contributed by atoms with E-state index in [0.29, 0.717) is 6.42 Å². The third kappa shape index (κ3) is 11.3. The number of aliphatic carboxylic acids is 2. The minimum atomic E-state index is -1.64. The van der Waals surface area contributed by atoms with E-state index in [-0.39, 0.29) is 19.4 Å². The average molecular weight is 604 g/mol. The summed E-state index contributed by atoms with van der Waals surface area (Å²) in [5.41, 5.74) is 10.8. The molecule has 0 spiro atoms. The van der Waals surface area contributed by atoms with Gasteiger partial charge in [-0.1, -0.05) is 0 Å². The van der Waals surface area contributed by atoms with Crippen molar-refractivity contribution >= 4 is 47.4 Å². The van der Waals surface area contributed by atoms with Crippen LogP contribution in [0, 0.1) is 0 Å². The summed E-state index contributed by atoms with van der Waals surface area (Å²) in [5, 5.41) is 45.4. The normalized spacial score (nSPS) is 18.0. The molecule has 0 aromatic carbocycles. The van der Waals surface area contributed by atoms with Gasteiger partial charge in [0, 0.05) is 13.0 Å². The first-order chi connectivity index (χ1) is 19.6. The van der Waals surface area contributed by atoms with E-state index < -0.39 is 110 Å². The monoisotopic (exact) mass is 603 g/mol. The number of carbonyl (C=O) groups is 8. The van der Waals surface area contributed by atoms with Crippen LogP contribution in [0.1, 0.15) is 39.0 Å². The summed E-state index contributed by atoms with van der Waals surface area (Å²) in [4.78, 5) is 97.6. The molecule has 12 N–H and O–H groups in total. The first-order valence-electron chi connectivity index (χ1n) is 12.8. The highest BCUT2D eigenvalue weighted by atomic mass is 16.4. The molecule has 19 heteroatoms. The van der Waals surface area contributed by atoms with Gasteiger partial charge in [0.15, 0.2) is 6.04 Å². The molecule has 0 unspecified atom stereocenters. The van der Waals surface area contributed by atoms with Crippen molar-refractivity contribution in [1.82, 2.24) is 26.2 Å². The summed E-state index contributed by atoms with van der Waals surface area (Å²) in [6.45, 7) is -0.456. The van der Waals surface area contributed by atoms with Gasteiger partial charge in [-0.15, -0.1) is 0 Å². The van der Waals surface area contributed by atoms with Crippen LogP contribution in [0.3, 0.4) is 0 Å². The number of primary amides is 1. The molecule has 1 heterocycles. The van der Waals surface area contributed by atoms with Crippen LogP contribution >= 0.6 is 0 Å². The van der Waals surface area contributed by atoms with Gasteiger partial charge in [0.1, 0.15) is 18.1 Å². The zero-order chi connectivity index (χ0) is 32.1. The van der Waals surface area contributed by atoms with E-state index in [2.05, 4.69) is 16.0 Å². The summed E-state index contributed by atoms with van der Waals surface area (Å²) in [6, 6.07) is -7.32. The number of nitrogens with zero attached hydrogens (tertiary/aromatic N) is 1. The number of hydrogen-bond donors (Lipinski definition) is 10. The van der Waals surface area contributed by atoms with Crippen LogP contribution < -0.4 is 32.7 Å². The molecule has 6 amide bonds. The van der Waals surface area contributed by atoms with Gasteiger partial charge < -0.3 is 58.1 Å². The van der Waals surface area contributed by atoms with Crippen LogP contribution in [0.4, 0.5) is 0 Å². The van der Waals surface area contributed by atoms with Gasteiger partial charge in [-0.3, -0.25) is 33.6 Å². The van der Waals surface area contributed by atoms with E-state index in [1.54, 1.807) is 0 Å². The number of aliphatic hydroxyl groups is 2. The van der Waals surface area contributed by atoms with E-state index in [1.165, 1.54) is 0 Å². The second-order valence-corrected chi connectivity index (χ2v) is 9.55. The maximum Gasteiger partial charge on any atom is 0.328 e. The van der Waals surface area contributed by atoms with Gasteiger partial charge in [-0.2, -0.15) is 0 Å². The summed E-state index contributed by atoms with van der Waals surface area (Å²) in [6.07, 6.45) is -2.34. The predicted molar refractivity (Wildman–Crippen MR) is 139 cm³/mol. The third-order valence-corrected chi connectivity index (χ3v) is 6.17. The summed E-state index contributed by atoms with van der Waals surface area (Å²) >= 11 is 0. The van der Waals surface area contributed by atoms with E-state index >= 15 is 0 Å². The van der Waals surface area contributed by atoms with Crippen molar-refractivity contribution in [2.24, 2.45) is 11.5 Å². The van der Waals surface area contributed by atoms with Gasteiger partial charge in [0.2, 0.25) is 35.4 Å². The van der Waals surface area contributed by atoms with E-state index in [4.69, 9.17) is 21.7 Å². The van der Waals surface area contributed by atoms with Crippen molar-refractivity contribution in [3.05, 3.63) is 0 Å². The number of nitrogens with one attached hydrogen (secondary N) is 4. The lowest BCUT2D eigenvalue weighted by atomic mass is 10.1. The Labute approximate surface area is 239 Å². The minimum absolute atomic E-state index is 0.0238. The molecular weight excluding hydrogens is 566 g/mol. The number of aliphatic hydroxyl groups excluding tert-OH is 2. The summed E-state index contributed by atoms with van der Waals surface area (Å²) < 4.78 is 0. The number of nitrogens with two attached hydrogens (primary N) is 2. The van der Waals surface area contributed by atoms with Crippen molar-refractivity contribution in [1.29, 1.82) is 0 Å². The summed E-state index contributed by atoms with van der Waals surface area (Å²) in [5.74, 6) is -8.37. The SMILES string of the molecule is C[C@@H](O)[C@H](NC(=O)CNC(=O)[C@@H]1CCCN1C(=O)[C@H](CC(N)=O)NC(=O)[C@H](CO)NC(=O)[C@@H](N)CCC(=O)O)C(=O)O. The molecule has 0 aromatic heterocycles. The van der Waals surface area contributed by atoms with Crippen molar-refractivity contribution in [2.75, 3.05) is 19.7 Å². The Morgan fingerprint density at radius 1 is 0.976 bits per heavy atom. The maximum atomic E-state index is 13.3. The molecule has 0 aliphatic carbocycles. The molecule has 1 aliphatic heterocycles. The zero-order valence-electron chi connectivity index (χ0n) is 22.8. The molecule has 1 saturated heterocycles. The lowest BCUT2D eigenvalue weighted by Crippen LogP contribution is -2.59. The van der Waals surface area contributed by atoms with Crippen LogP contribution in [-0.2, 0) is 38.4 Å². The van der Waals surface area contributed by atoms with Gasteiger partial charge in [0.25, 0.3) is 0 Å². The Bertz CT molecular complexity index is 1050. The van der Waals surface area contributed by atoms with Gasteiger partial charge >= 0.3 is 11.9 Å². The number of hydrogen-bond acceptors (Lipinski definition) is 11. The molecule has 19 nitrogen and oxygen atoms in total. The molecule has 1 fully saturated rings. The Kier molecular flexibility index (Phi) is 14.3. The first kappa shape index (κ1) is 35.7. The van der Waals surface area contributed by atoms with E-state index in [9.17, 15) is 48.6 Å². The lowest BCUT2D eigenvalue weighted by molar-refractivity contribution is -0.145.